The maximum absolute atomic E-state index is 14.1. The fraction of sp³-hybridized carbons (Fsp3) is 0.219. The van der Waals surface area contributed by atoms with Crippen LogP contribution >= 0.6 is 34.7 Å². The number of fused-ring (bicyclic) bond motifs is 2. The summed E-state index contributed by atoms with van der Waals surface area (Å²) in [6, 6.07) is 17.6. The van der Waals surface area contributed by atoms with Gasteiger partial charge in [0.15, 0.2) is 6.61 Å². The molecule has 46 heavy (non-hydrogen) atoms. The summed E-state index contributed by atoms with van der Waals surface area (Å²) in [5.41, 5.74) is 1.66. The smallest absolute Gasteiger partial charge is 0.338 e. The normalized spacial score (nSPS) is 18.5. The Morgan fingerprint density at radius 1 is 1.00 bits per heavy atom. The number of hydrogen-bond acceptors (Lipinski definition) is 10. The fourth-order valence-corrected chi connectivity index (χ4v) is 8.16. The number of esters is 1. The molecule has 2 aliphatic heterocycles. The average Bonchev–Trinajstić information content (AvgIpc) is 3.54. The zero-order valence-electron chi connectivity index (χ0n) is 24.4. The van der Waals surface area contributed by atoms with Crippen LogP contribution < -0.4 is 24.6 Å². The summed E-state index contributed by atoms with van der Waals surface area (Å²) >= 11 is 8.54. The highest BCUT2D eigenvalue weighted by Gasteiger charge is 2.56. The molecule has 3 aromatic carbocycles. The predicted molar refractivity (Wildman–Crippen MR) is 173 cm³/mol. The number of halogens is 1. The molecule has 6 rings (SSSR count). The number of ether oxygens (including phenoxy) is 3. The lowest BCUT2D eigenvalue weighted by molar-refractivity contribution is -0.122. The van der Waals surface area contributed by atoms with Crippen LogP contribution in [0.3, 0.4) is 0 Å². The lowest BCUT2D eigenvalue weighted by atomic mass is 9.82. The van der Waals surface area contributed by atoms with E-state index in [9.17, 15) is 24.0 Å². The molecule has 0 spiro atoms. The number of H-pyrrole nitrogens is 1. The molecule has 14 heteroatoms. The molecule has 0 radical (unpaired) electrons. The third kappa shape index (κ3) is 6.00. The number of nitrogens with zero attached hydrogens (tertiary/aromatic N) is 1. The quantitative estimate of drug-likeness (QED) is 0.183. The van der Waals surface area contributed by atoms with E-state index in [1.54, 1.807) is 61.5 Å². The van der Waals surface area contributed by atoms with Crippen LogP contribution in [0.2, 0.25) is 5.02 Å². The molecule has 2 N–H and O–H groups in total. The topological polar surface area (TPSA) is 144 Å². The van der Waals surface area contributed by atoms with Crippen molar-refractivity contribution in [3.05, 3.63) is 97.4 Å². The number of rotatable bonds is 9. The molecule has 0 unspecified atom stereocenters. The van der Waals surface area contributed by atoms with Crippen LogP contribution in [-0.2, 0) is 19.1 Å². The summed E-state index contributed by atoms with van der Waals surface area (Å²) in [6.45, 7) is 1.56. The van der Waals surface area contributed by atoms with Crippen molar-refractivity contribution in [2.24, 2.45) is 5.92 Å². The Morgan fingerprint density at radius 3 is 2.43 bits per heavy atom. The first-order chi connectivity index (χ1) is 22.2. The van der Waals surface area contributed by atoms with Crippen molar-refractivity contribution >= 4 is 69.8 Å². The number of methoxy groups -OCH3 is 1. The molecule has 0 aliphatic carbocycles. The highest BCUT2D eigenvalue weighted by Crippen LogP contribution is 2.54. The monoisotopic (exact) mass is 679 g/mol. The molecule has 236 valence electrons. The minimum absolute atomic E-state index is 0.248. The van der Waals surface area contributed by atoms with Crippen molar-refractivity contribution in [3.8, 4) is 11.5 Å². The molecule has 3 amide bonds. The Hall–Kier alpha value is -4.59. The number of anilines is 2. The summed E-state index contributed by atoms with van der Waals surface area (Å²) < 4.78 is 16.2. The molecule has 4 aromatic rings. The molecule has 3 atom stereocenters. The number of amides is 3. The van der Waals surface area contributed by atoms with E-state index in [0.717, 1.165) is 28.0 Å². The van der Waals surface area contributed by atoms with Crippen molar-refractivity contribution in [1.82, 2.24) is 4.98 Å². The van der Waals surface area contributed by atoms with Crippen molar-refractivity contribution in [3.63, 3.8) is 0 Å². The maximum atomic E-state index is 14.1. The van der Waals surface area contributed by atoms with Crippen LogP contribution in [0.25, 0.3) is 0 Å². The molecular formula is C32H26ClN3O8S2. The Bertz CT molecular complexity index is 1890. The number of carbonyl (C=O) groups excluding carboxylic acids is 4. The number of aromatic amines is 1. The van der Waals surface area contributed by atoms with Gasteiger partial charge < -0.3 is 24.5 Å². The van der Waals surface area contributed by atoms with E-state index < -0.39 is 47.4 Å². The SMILES string of the molecule is CCOC(=O)c1ccc(NC(=O)COc2ccc(Cl)cc2[C@@H]2c3sc(=O)[nH]c3S[C@H]3C(=O)N(c4ccc(OC)cc4)C(=O)[C@@H]23)cc1. The summed E-state index contributed by atoms with van der Waals surface area (Å²) in [5.74, 6) is -2.60. The molecular weight excluding hydrogens is 654 g/mol. The van der Waals surface area contributed by atoms with E-state index in [4.69, 9.17) is 25.8 Å². The largest absolute Gasteiger partial charge is 0.497 e. The van der Waals surface area contributed by atoms with Gasteiger partial charge in [0.1, 0.15) is 16.7 Å². The number of nitrogens with one attached hydrogen (secondary N) is 2. The van der Waals surface area contributed by atoms with Gasteiger partial charge in [-0.05, 0) is 73.7 Å². The van der Waals surface area contributed by atoms with Crippen LogP contribution in [0, 0.1) is 5.92 Å². The van der Waals surface area contributed by atoms with Gasteiger partial charge in [0.2, 0.25) is 11.8 Å². The van der Waals surface area contributed by atoms with Gasteiger partial charge in [-0.3, -0.25) is 19.2 Å². The van der Waals surface area contributed by atoms with Gasteiger partial charge in [0, 0.05) is 27.1 Å². The van der Waals surface area contributed by atoms with Gasteiger partial charge in [-0.1, -0.05) is 34.7 Å². The van der Waals surface area contributed by atoms with Gasteiger partial charge in [0.25, 0.3) is 5.91 Å². The van der Waals surface area contributed by atoms with Gasteiger partial charge >= 0.3 is 10.8 Å². The van der Waals surface area contributed by atoms with E-state index in [2.05, 4.69) is 10.3 Å². The molecule has 0 saturated carbocycles. The van der Waals surface area contributed by atoms with E-state index in [1.165, 1.54) is 19.2 Å². The minimum Gasteiger partial charge on any atom is -0.497 e. The van der Waals surface area contributed by atoms with E-state index in [-0.39, 0.29) is 17.2 Å². The van der Waals surface area contributed by atoms with Gasteiger partial charge in [-0.2, -0.15) is 0 Å². The lowest BCUT2D eigenvalue weighted by Crippen LogP contribution is -2.32. The van der Waals surface area contributed by atoms with E-state index in [0.29, 0.717) is 43.2 Å². The molecule has 0 bridgehead atoms. The summed E-state index contributed by atoms with van der Waals surface area (Å²) in [4.78, 5) is 69.4. The van der Waals surface area contributed by atoms with Crippen molar-refractivity contribution < 1.29 is 33.4 Å². The van der Waals surface area contributed by atoms with Crippen LogP contribution in [-0.4, -0.2) is 54.2 Å². The second-order valence-electron chi connectivity index (χ2n) is 10.3. The second-order valence-corrected chi connectivity index (χ2v) is 12.9. The highest BCUT2D eigenvalue weighted by atomic mass is 35.5. The number of thioether (sulfide) groups is 1. The molecule has 1 fully saturated rings. The predicted octanol–water partition coefficient (Wildman–Crippen LogP) is 5.09. The third-order valence-corrected chi connectivity index (χ3v) is 10.1. The number of carbonyl (C=O) groups is 4. The summed E-state index contributed by atoms with van der Waals surface area (Å²) in [5, 5.41) is 2.73. The van der Waals surface area contributed by atoms with Crippen molar-refractivity contribution in [1.29, 1.82) is 0 Å². The molecule has 2 aliphatic rings. The highest BCUT2D eigenvalue weighted by molar-refractivity contribution is 8.00. The summed E-state index contributed by atoms with van der Waals surface area (Å²) in [6.07, 6.45) is 0. The zero-order valence-corrected chi connectivity index (χ0v) is 26.8. The number of benzene rings is 3. The summed E-state index contributed by atoms with van der Waals surface area (Å²) in [7, 11) is 1.52. The van der Waals surface area contributed by atoms with Crippen LogP contribution in [0.1, 0.15) is 33.6 Å². The Balaban J connectivity index is 1.28. The average molecular weight is 680 g/mol. The number of imide groups is 1. The van der Waals surface area contributed by atoms with Crippen LogP contribution in [0.4, 0.5) is 11.4 Å². The zero-order chi connectivity index (χ0) is 32.5. The molecule has 11 nitrogen and oxygen atoms in total. The van der Waals surface area contributed by atoms with Crippen LogP contribution in [0.15, 0.2) is 76.6 Å². The van der Waals surface area contributed by atoms with E-state index in [1.807, 2.05) is 0 Å². The third-order valence-electron chi connectivity index (χ3n) is 7.50. The second kappa shape index (κ2) is 13.0. The Morgan fingerprint density at radius 2 is 1.74 bits per heavy atom. The first-order valence-corrected chi connectivity index (χ1v) is 16.2. The number of thiazole rings is 1. The van der Waals surface area contributed by atoms with Gasteiger partial charge in [-0.25, -0.2) is 9.69 Å². The van der Waals surface area contributed by atoms with Crippen molar-refractivity contribution in [2.75, 3.05) is 30.5 Å². The van der Waals surface area contributed by atoms with E-state index >= 15 is 0 Å². The Kier molecular flexibility index (Phi) is 8.89. The minimum atomic E-state index is -0.883. The molecule has 1 saturated heterocycles. The maximum Gasteiger partial charge on any atom is 0.338 e. The lowest BCUT2D eigenvalue weighted by Gasteiger charge is -2.31. The van der Waals surface area contributed by atoms with Gasteiger partial charge in [0.05, 0.1) is 35.9 Å². The van der Waals surface area contributed by atoms with Crippen LogP contribution in [0.5, 0.6) is 11.5 Å². The van der Waals surface area contributed by atoms with Crippen molar-refractivity contribution in [2.45, 2.75) is 23.1 Å². The first kappa shape index (κ1) is 31.4. The number of hydrogen-bond donors (Lipinski definition) is 2. The Labute approximate surface area is 275 Å². The standard InChI is InChI=1S/C32H26ClN3O8S2/c1-3-43-31(40)16-4-7-18(8-5-16)34-23(37)15-44-22-13-6-17(33)14-21(22)24-25-27(45-28-26(24)46-32(41)35-28)30(39)36(29(25)38)19-9-11-20(42-2)12-10-19/h4-14,24-25,27H,3,15H2,1-2H3,(H,34,37)(H,35,41)/t24-,25-,27+/m0/s1. The fourth-order valence-electron chi connectivity index (χ4n) is 5.48. The van der Waals surface area contributed by atoms with Gasteiger partial charge in [-0.15, -0.1) is 0 Å². The first-order valence-electron chi connectivity index (χ1n) is 14.1. The molecule has 1 aromatic heterocycles. The molecule has 3 heterocycles. The number of aromatic nitrogens is 1.